The molecule has 5 heterocycles. The number of anilines is 1. The summed E-state index contributed by atoms with van der Waals surface area (Å²) in [6.07, 6.45) is 4.15. The Balaban J connectivity index is 1.06. The quantitative estimate of drug-likeness (QED) is 0.237. The molecule has 2 aromatic heterocycles. The predicted octanol–water partition coefficient (Wildman–Crippen LogP) is 4.15. The SMILES string of the molecule is Cc1ccc(/C=C/C(=O)OC[C@H]2O[C@@H](n3cnc4c(NCc5ccc6c(c5)OCO6)ncnc43)[C@H]3OC(C)(C)OC23)cc1. The third-order valence-electron chi connectivity index (χ3n) is 7.53. The monoisotopic (exact) mass is 585 g/mol. The number of imidazole rings is 1. The van der Waals surface area contributed by atoms with Gasteiger partial charge in [0.15, 0.2) is 40.5 Å². The highest BCUT2D eigenvalue weighted by atomic mass is 16.8. The summed E-state index contributed by atoms with van der Waals surface area (Å²) in [6, 6.07) is 13.6. The fourth-order valence-electron chi connectivity index (χ4n) is 5.48. The summed E-state index contributed by atoms with van der Waals surface area (Å²) < 4.78 is 37.1. The molecule has 3 aliphatic rings. The Bertz CT molecular complexity index is 1690. The Morgan fingerprint density at radius 1 is 1.07 bits per heavy atom. The van der Waals surface area contributed by atoms with Gasteiger partial charge in [0.25, 0.3) is 0 Å². The number of benzene rings is 2. The highest BCUT2D eigenvalue weighted by molar-refractivity contribution is 5.87. The van der Waals surface area contributed by atoms with E-state index in [0.29, 0.717) is 29.3 Å². The van der Waals surface area contributed by atoms with Gasteiger partial charge in [-0.25, -0.2) is 19.7 Å². The molecule has 0 radical (unpaired) electrons. The third kappa shape index (κ3) is 5.52. The molecule has 2 aromatic carbocycles. The zero-order valence-electron chi connectivity index (χ0n) is 23.9. The molecule has 0 aliphatic carbocycles. The third-order valence-corrected chi connectivity index (χ3v) is 7.53. The van der Waals surface area contributed by atoms with Crippen molar-refractivity contribution in [2.24, 2.45) is 0 Å². The average Bonchev–Trinajstić information content (AvgIpc) is 3.77. The van der Waals surface area contributed by atoms with Crippen LogP contribution in [0.3, 0.4) is 0 Å². The lowest BCUT2D eigenvalue weighted by Crippen LogP contribution is -2.33. The number of nitrogens with one attached hydrogen (secondary N) is 1. The van der Waals surface area contributed by atoms with Gasteiger partial charge in [0, 0.05) is 12.6 Å². The van der Waals surface area contributed by atoms with Gasteiger partial charge in [-0.05, 0) is 50.1 Å². The van der Waals surface area contributed by atoms with Gasteiger partial charge in [-0.15, -0.1) is 0 Å². The number of nitrogens with zero attached hydrogens (tertiary/aromatic N) is 4. The van der Waals surface area contributed by atoms with Crippen LogP contribution in [0.2, 0.25) is 0 Å². The summed E-state index contributed by atoms with van der Waals surface area (Å²) in [5, 5.41) is 3.34. The van der Waals surface area contributed by atoms with Crippen LogP contribution in [0, 0.1) is 6.92 Å². The minimum atomic E-state index is -0.840. The topological polar surface area (TPSA) is 128 Å². The lowest BCUT2D eigenvalue weighted by molar-refractivity contribution is -0.201. The fourth-order valence-corrected chi connectivity index (χ4v) is 5.48. The van der Waals surface area contributed by atoms with Crippen LogP contribution in [-0.2, 0) is 30.3 Å². The second-order valence-corrected chi connectivity index (χ2v) is 11.1. The van der Waals surface area contributed by atoms with E-state index in [1.165, 1.54) is 12.4 Å². The first-order valence-electron chi connectivity index (χ1n) is 14.1. The number of rotatable bonds is 8. The molecule has 0 bridgehead atoms. The van der Waals surface area contributed by atoms with Crippen LogP contribution in [0.25, 0.3) is 17.2 Å². The molecule has 12 nitrogen and oxygen atoms in total. The summed E-state index contributed by atoms with van der Waals surface area (Å²) in [5.74, 6) is 0.712. The van der Waals surface area contributed by atoms with Gasteiger partial charge in [0.05, 0.1) is 6.33 Å². The molecule has 4 atom stereocenters. The summed E-state index contributed by atoms with van der Waals surface area (Å²) in [4.78, 5) is 26.0. The maximum absolute atomic E-state index is 12.5. The van der Waals surface area contributed by atoms with Crippen LogP contribution < -0.4 is 14.8 Å². The van der Waals surface area contributed by atoms with E-state index in [4.69, 9.17) is 28.4 Å². The van der Waals surface area contributed by atoms with Gasteiger partial charge in [-0.3, -0.25) is 4.57 Å². The van der Waals surface area contributed by atoms with Crippen LogP contribution in [-0.4, -0.2) is 63.0 Å². The van der Waals surface area contributed by atoms with Crippen molar-refractivity contribution in [3.8, 4) is 11.5 Å². The molecule has 0 saturated carbocycles. The van der Waals surface area contributed by atoms with Crippen LogP contribution in [0.5, 0.6) is 11.5 Å². The number of fused-ring (bicyclic) bond motifs is 3. The first-order chi connectivity index (χ1) is 20.8. The Kier molecular flexibility index (Phi) is 6.96. The van der Waals surface area contributed by atoms with Crippen molar-refractivity contribution in [3.05, 3.63) is 77.9 Å². The van der Waals surface area contributed by atoms with E-state index in [1.807, 2.05) is 67.8 Å². The number of hydrogen-bond acceptors (Lipinski definition) is 11. The number of aromatic nitrogens is 4. The number of aryl methyl sites for hydroxylation is 1. The van der Waals surface area contributed by atoms with E-state index in [2.05, 4.69) is 20.3 Å². The van der Waals surface area contributed by atoms with Crippen LogP contribution >= 0.6 is 0 Å². The first-order valence-corrected chi connectivity index (χ1v) is 14.1. The van der Waals surface area contributed by atoms with Gasteiger partial charge in [-0.2, -0.15) is 0 Å². The van der Waals surface area contributed by atoms with Gasteiger partial charge >= 0.3 is 5.97 Å². The maximum Gasteiger partial charge on any atom is 0.330 e. The molecule has 222 valence electrons. The average molecular weight is 586 g/mol. The van der Waals surface area contributed by atoms with Gasteiger partial charge in [-0.1, -0.05) is 35.9 Å². The minimum absolute atomic E-state index is 0.00186. The van der Waals surface area contributed by atoms with Crippen LogP contribution in [0.4, 0.5) is 5.82 Å². The molecule has 0 amide bonds. The fraction of sp³-hybridized carbons (Fsp3) is 0.355. The van der Waals surface area contributed by atoms with E-state index in [0.717, 1.165) is 22.4 Å². The molecule has 43 heavy (non-hydrogen) atoms. The smallest absolute Gasteiger partial charge is 0.330 e. The van der Waals surface area contributed by atoms with Crippen molar-refractivity contribution in [1.82, 2.24) is 19.5 Å². The van der Waals surface area contributed by atoms with Crippen molar-refractivity contribution in [1.29, 1.82) is 0 Å². The first kappa shape index (κ1) is 27.3. The summed E-state index contributed by atoms with van der Waals surface area (Å²) in [6.45, 7) is 6.43. The highest BCUT2D eigenvalue weighted by Crippen LogP contribution is 2.44. The maximum atomic E-state index is 12.5. The lowest BCUT2D eigenvalue weighted by Gasteiger charge is -2.24. The van der Waals surface area contributed by atoms with E-state index in [9.17, 15) is 4.79 Å². The largest absolute Gasteiger partial charge is 0.460 e. The van der Waals surface area contributed by atoms with Gasteiger partial charge < -0.3 is 33.7 Å². The molecular formula is C31H31N5O7. The Hall–Kier alpha value is -4.52. The molecule has 0 spiro atoms. The molecule has 1 unspecified atom stereocenters. The van der Waals surface area contributed by atoms with E-state index < -0.39 is 36.3 Å². The normalized spacial score (nSPS) is 23.6. The number of carbonyl (C=O) groups is 1. The van der Waals surface area contributed by atoms with Crippen molar-refractivity contribution < 1.29 is 33.2 Å². The van der Waals surface area contributed by atoms with Gasteiger partial charge in [0.2, 0.25) is 6.79 Å². The van der Waals surface area contributed by atoms with Crippen molar-refractivity contribution in [3.63, 3.8) is 0 Å². The van der Waals surface area contributed by atoms with Crippen molar-refractivity contribution in [2.45, 2.75) is 57.6 Å². The summed E-state index contributed by atoms with van der Waals surface area (Å²) in [7, 11) is 0. The van der Waals surface area contributed by atoms with E-state index >= 15 is 0 Å². The molecule has 2 saturated heterocycles. The second kappa shape index (κ2) is 11.0. The second-order valence-electron chi connectivity index (χ2n) is 11.1. The van der Waals surface area contributed by atoms with Crippen LogP contribution in [0.1, 0.15) is 36.8 Å². The summed E-state index contributed by atoms with van der Waals surface area (Å²) in [5.41, 5.74) is 4.21. The Labute approximate surface area is 247 Å². The van der Waals surface area contributed by atoms with E-state index in [-0.39, 0.29) is 13.4 Å². The van der Waals surface area contributed by atoms with Gasteiger partial charge in [0.1, 0.15) is 31.2 Å². The summed E-state index contributed by atoms with van der Waals surface area (Å²) >= 11 is 0. The highest BCUT2D eigenvalue weighted by Gasteiger charge is 2.56. The molecule has 3 aliphatic heterocycles. The zero-order valence-corrected chi connectivity index (χ0v) is 23.9. The van der Waals surface area contributed by atoms with E-state index in [1.54, 1.807) is 12.4 Å². The number of ether oxygens (including phenoxy) is 6. The molecular weight excluding hydrogens is 554 g/mol. The molecule has 4 aromatic rings. The van der Waals surface area contributed by atoms with Crippen molar-refractivity contribution in [2.75, 3.05) is 18.7 Å². The Morgan fingerprint density at radius 3 is 2.74 bits per heavy atom. The van der Waals surface area contributed by atoms with Crippen molar-refractivity contribution >= 4 is 29.0 Å². The molecule has 2 fully saturated rings. The Morgan fingerprint density at radius 2 is 1.88 bits per heavy atom. The number of carbonyl (C=O) groups excluding carboxylic acids is 1. The molecule has 7 rings (SSSR count). The number of hydrogen-bond donors (Lipinski definition) is 1. The lowest BCUT2D eigenvalue weighted by atomic mass is 10.1. The predicted molar refractivity (Wildman–Crippen MR) is 154 cm³/mol. The minimum Gasteiger partial charge on any atom is -0.460 e. The number of esters is 1. The zero-order chi connectivity index (χ0) is 29.6. The molecule has 12 heteroatoms. The molecule has 1 N–H and O–H groups in total. The van der Waals surface area contributed by atoms with Crippen LogP contribution in [0.15, 0.2) is 61.2 Å². The standard InChI is InChI=1S/C31H31N5O7/c1-18-4-6-19(7-5-18)9-11-24(37)38-14-23-26-27(43-31(2,3)42-26)30(41-23)36-16-35-25-28(33-15-34-29(25)36)32-13-20-8-10-21-22(12-20)40-17-39-21/h4-12,15-16,23,26-27,30H,13-14,17H2,1-3H3,(H,32,33,34)/b11-9+/t23-,26?,27+,30-/m1/s1.